The third-order valence-corrected chi connectivity index (χ3v) is 7.95. The van der Waals surface area contributed by atoms with E-state index in [0.29, 0.717) is 55.5 Å². The first kappa shape index (κ1) is 28.2. The quantitative estimate of drug-likeness (QED) is 0.277. The van der Waals surface area contributed by atoms with Crippen molar-refractivity contribution in [1.82, 2.24) is 19.5 Å². The number of carbonyl (C=O) groups is 1. The average molecular weight is 613 g/mol. The molecule has 2 aliphatic heterocycles. The van der Waals surface area contributed by atoms with Crippen molar-refractivity contribution in [2.75, 3.05) is 30.6 Å². The lowest BCUT2D eigenvalue weighted by atomic mass is 9.87. The van der Waals surface area contributed by atoms with Crippen molar-refractivity contribution < 1.29 is 23.8 Å². The third kappa shape index (κ3) is 4.02. The molecule has 0 aliphatic carbocycles. The molecule has 13 heteroatoms. The third-order valence-electron chi connectivity index (χ3n) is 7.51. The first-order valence-electron chi connectivity index (χ1n) is 13.2. The van der Waals surface area contributed by atoms with Gasteiger partial charge in [-0.05, 0) is 39.0 Å². The highest BCUT2D eigenvalue weighted by Crippen LogP contribution is 2.58. The average Bonchev–Trinajstić information content (AvgIpc) is 3.57. The van der Waals surface area contributed by atoms with Crippen LogP contribution in [0.5, 0.6) is 11.6 Å². The van der Waals surface area contributed by atoms with Crippen LogP contribution in [0.4, 0.5) is 15.8 Å². The lowest BCUT2D eigenvalue weighted by Gasteiger charge is -2.39. The summed E-state index contributed by atoms with van der Waals surface area (Å²) in [7, 11) is 1.49. The van der Waals surface area contributed by atoms with E-state index in [9.17, 15) is 14.3 Å². The number of rotatable bonds is 7. The molecule has 3 aromatic heterocycles. The lowest BCUT2D eigenvalue weighted by Crippen LogP contribution is -2.50. The number of halogens is 3. The minimum Gasteiger partial charge on any atom is -0.496 e. The summed E-state index contributed by atoms with van der Waals surface area (Å²) in [5.74, 6) is 0.592. The summed E-state index contributed by atoms with van der Waals surface area (Å²) >= 11 is 12.7. The number of ether oxygens (including phenoxy) is 2. The molecule has 0 radical (unpaired) electrons. The number of alkyl halides is 1. The number of hydrogen-bond donors (Lipinski definition) is 2. The topological polar surface area (TPSA) is 115 Å². The second kappa shape index (κ2) is 10.4. The first-order chi connectivity index (χ1) is 20.1. The van der Waals surface area contributed by atoms with E-state index in [-0.39, 0.29) is 24.2 Å². The van der Waals surface area contributed by atoms with Gasteiger partial charge >= 0.3 is 0 Å². The van der Waals surface area contributed by atoms with Crippen molar-refractivity contribution in [3.63, 3.8) is 0 Å². The monoisotopic (exact) mass is 612 g/mol. The zero-order valence-corrected chi connectivity index (χ0v) is 24.7. The summed E-state index contributed by atoms with van der Waals surface area (Å²) in [5.41, 5.74) is 1.80. The minimum atomic E-state index is -1.56. The van der Waals surface area contributed by atoms with Crippen LogP contribution in [0.3, 0.4) is 0 Å². The van der Waals surface area contributed by atoms with Crippen LogP contribution >= 0.6 is 23.2 Å². The number of pyridine rings is 2. The van der Waals surface area contributed by atoms with E-state index in [1.165, 1.54) is 19.5 Å². The van der Waals surface area contributed by atoms with Gasteiger partial charge in [0.2, 0.25) is 5.88 Å². The molecule has 0 bridgehead atoms. The van der Waals surface area contributed by atoms with Crippen LogP contribution in [0.1, 0.15) is 48.8 Å². The Bertz CT molecular complexity index is 1730. The molecule has 4 aromatic rings. The molecule has 5 heterocycles. The van der Waals surface area contributed by atoms with Gasteiger partial charge in [-0.15, -0.1) is 0 Å². The molecule has 6 rings (SSSR count). The second-order valence-electron chi connectivity index (χ2n) is 10.2. The maximum atomic E-state index is 14.4. The van der Waals surface area contributed by atoms with Gasteiger partial charge in [-0.3, -0.25) is 9.78 Å². The van der Waals surface area contributed by atoms with E-state index in [2.05, 4.69) is 15.3 Å². The minimum absolute atomic E-state index is 0.148. The van der Waals surface area contributed by atoms with E-state index in [1.807, 2.05) is 18.4 Å². The highest BCUT2D eigenvalue weighted by molar-refractivity contribution is 6.31. The highest BCUT2D eigenvalue weighted by Gasteiger charge is 2.64. The van der Waals surface area contributed by atoms with E-state index in [1.54, 1.807) is 42.2 Å². The molecule has 2 aliphatic rings. The number of aliphatic hydroxyl groups excluding tert-OH is 1. The fourth-order valence-corrected chi connectivity index (χ4v) is 6.20. The Balaban J connectivity index is 1.67. The maximum absolute atomic E-state index is 14.4. The van der Waals surface area contributed by atoms with Gasteiger partial charge in [0, 0.05) is 40.8 Å². The van der Waals surface area contributed by atoms with Crippen molar-refractivity contribution in [3.05, 3.63) is 75.4 Å². The standard InChI is InChI=1S/C29H27Cl2FN6O4/c1-14(2)37-25-24(36-26(37)18-13-34-23(42-8-7-32)11-22(18)41-4)27(39)38(21-10-17(31)12-33-15(21)3)29(25)19-6-5-16(30)9-20(19)35-28(29)40/h5-6,9-14,27,39H,7-8H2,1-4H3,(H,35,40). The number of fused-ring (bicyclic) bond motifs is 4. The highest BCUT2D eigenvalue weighted by atomic mass is 35.5. The van der Waals surface area contributed by atoms with Crippen LogP contribution in [0, 0.1) is 6.92 Å². The molecule has 1 spiro atoms. The van der Waals surface area contributed by atoms with Crippen molar-refractivity contribution >= 4 is 40.5 Å². The number of aryl methyl sites for hydroxylation is 1. The van der Waals surface area contributed by atoms with Crippen molar-refractivity contribution in [2.24, 2.45) is 0 Å². The van der Waals surface area contributed by atoms with Gasteiger partial charge in [-0.25, -0.2) is 14.4 Å². The van der Waals surface area contributed by atoms with Gasteiger partial charge in [0.25, 0.3) is 5.91 Å². The zero-order valence-electron chi connectivity index (χ0n) is 23.2. The Morgan fingerprint density at radius 2 is 1.95 bits per heavy atom. The van der Waals surface area contributed by atoms with Gasteiger partial charge in [0.05, 0.1) is 34.8 Å². The van der Waals surface area contributed by atoms with Gasteiger partial charge in [0.1, 0.15) is 30.5 Å². The summed E-state index contributed by atoms with van der Waals surface area (Å²) in [4.78, 5) is 29.6. The Kier molecular flexibility index (Phi) is 6.99. The fraction of sp³-hybridized carbons (Fsp3) is 0.310. The van der Waals surface area contributed by atoms with Crippen molar-refractivity contribution in [2.45, 2.75) is 38.6 Å². The van der Waals surface area contributed by atoms with E-state index in [4.69, 9.17) is 37.7 Å². The van der Waals surface area contributed by atoms with E-state index in [0.717, 1.165) is 0 Å². The largest absolute Gasteiger partial charge is 0.496 e. The molecule has 42 heavy (non-hydrogen) atoms. The summed E-state index contributed by atoms with van der Waals surface area (Å²) in [6.45, 7) is 4.88. The number of amides is 1. The van der Waals surface area contributed by atoms with Crippen LogP contribution in [-0.4, -0.2) is 50.9 Å². The molecule has 1 amide bonds. The number of methoxy groups -OCH3 is 1. The Labute approximate surface area is 251 Å². The first-order valence-corrected chi connectivity index (χ1v) is 14.0. The molecule has 0 fully saturated rings. The number of hydrogen-bond acceptors (Lipinski definition) is 8. The molecule has 218 valence electrons. The van der Waals surface area contributed by atoms with Crippen LogP contribution in [0.2, 0.25) is 10.0 Å². The number of nitrogens with zero attached hydrogens (tertiary/aromatic N) is 5. The summed E-state index contributed by atoms with van der Waals surface area (Å²) in [6, 6.07) is 8.13. The smallest absolute Gasteiger partial charge is 0.261 e. The number of aromatic nitrogens is 4. The predicted octanol–water partition coefficient (Wildman–Crippen LogP) is 5.60. The molecule has 2 unspecified atom stereocenters. The molecule has 1 aromatic carbocycles. The van der Waals surface area contributed by atoms with Crippen LogP contribution < -0.4 is 19.7 Å². The van der Waals surface area contributed by atoms with Crippen LogP contribution in [0.15, 0.2) is 42.7 Å². The second-order valence-corrected chi connectivity index (χ2v) is 11.1. The van der Waals surface area contributed by atoms with Gasteiger partial charge in [0.15, 0.2) is 11.8 Å². The van der Waals surface area contributed by atoms with Gasteiger partial charge in [-0.1, -0.05) is 29.3 Å². The molecule has 0 saturated heterocycles. The van der Waals surface area contributed by atoms with E-state index < -0.39 is 24.3 Å². The normalized spacial score (nSPS) is 18.9. The number of aliphatic hydroxyl groups is 1. The van der Waals surface area contributed by atoms with Gasteiger partial charge in [-0.2, -0.15) is 0 Å². The zero-order chi connectivity index (χ0) is 29.9. The molecular formula is C29H27Cl2FN6O4. The molecule has 2 N–H and O–H groups in total. The fourth-order valence-electron chi connectivity index (χ4n) is 5.88. The Morgan fingerprint density at radius 1 is 1.17 bits per heavy atom. The SMILES string of the molecule is COc1cc(OCCF)ncc1-c1nc2c(n1C(C)C)C1(C(=O)Nc3cc(Cl)ccc31)N(c1cc(Cl)cnc1C)C2O. The maximum Gasteiger partial charge on any atom is 0.261 e. The van der Waals surface area contributed by atoms with Crippen LogP contribution in [0.25, 0.3) is 11.4 Å². The summed E-state index contributed by atoms with van der Waals surface area (Å²) in [5, 5.41) is 15.8. The number of carbonyl (C=O) groups excluding carboxylic acids is 1. The molecule has 10 nitrogen and oxygen atoms in total. The number of anilines is 2. The van der Waals surface area contributed by atoms with Crippen molar-refractivity contribution in [3.8, 4) is 23.0 Å². The number of imidazole rings is 1. The molecule has 0 saturated carbocycles. The number of nitrogens with one attached hydrogen (secondary N) is 1. The molecular weight excluding hydrogens is 586 g/mol. The van der Waals surface area contributed by atoms with E-state index >= 15 is 0 Å². The molecule has 2 atom stereocenters. The van der Waals surface area contributed by atoms with Gasteiger partial charge < -0.3 is 29.4 Å². The Morgan fingerprint density at radius 3 is 2.67 bits per heavy atom. The van der Waals surface area contributed by atoms with Crippen LogP contribution in [-0.2, 0) is 10.3 Å². The predicted molar refractivity (Wildman–Crippen MR) is 156 cm³/mol. The Hall–Kier alpha value is -3.93. The number of benzene rings is 1. The summed E-state index contributed by atoms with van der Waals surface area (Å²) in [6.07, 6.45) is 1.67. The summed E-state index contributed by atoms with van der Waals surface area (Å²) < 4.78 is 25.6. The lowest BCUT2D eigenvalue weighted by molar-refractivity contribution is -0.120. The van der Waals surface area contributed by atoms with Crippen molar-refractivity contribution in [1.29, 1.82) is 0 Å².